The molecule has 0 saturated heterocycles. The van der Waals surface area contributed by atoms with Crippen molar-refractivity contribution in [1.29, 1.82) is 0 Å². The van der Waals surface area contributed by atoms with Crippen molar-refractivity contribution in [2.75, 3.05) is 17.7 Å². The topological polar surface area (TPSA) is 92.9 Å². The molecular formula is C24H23N5O2. The maximum atomic E-state index is 12.9. The molecule has 31 heavy (non-hydrogen) atoms. The average Bonchev–Trinajstić information content (AvgIpc) is 3.24. The smallest absolute Gasteiger partial charge is 0.278 e. The van der Waals surface area contributed by atoms with Gasteiger partial charge in [-0.25, -0.2) is 4.98 Å². The van der Waals surface area contributed by atoms with Gasteiger partial charge in [-0.05, 0) is 55.5 Å². The van der Waals surface area contributed by atoms with Gasteiger partial charge in [-0.3, -0.25) is 9.78 Å². The van der Waals surface area contributed by atoms with Gasteiger partial charge in [0.15, 0.2) is 5.69 Å². The highest BCUT2D eigenvalue weighted by molar-refractivity contribution is 6.04. The molecule has 7 nitrogen and oxygen atoms in total. The first-order valence-electron chi connectivity index (χ1n) is 10.5. The third-order valence-corrected chi connectivity index (χ3v) is 5.79. The Morgan fingerprint density at radius 1 is 1.06 bits per heavy atom. The van der Waals surface area contributed by atoms with Crippen LogP contribution in [-0.2, 0) is 12.8 Å². The van der Waals surface area contributed by atoms with E-state index in [0.717, 1.165) is 70.4 Å². The maximum Gasteiger partial charge on any atom is 0.278 e. The highest BCUT2D eigenvalue weighted by atomic mass is 16.5. The van der Waals surface area contributed by atoms with E-state index in [2.05, 4.69) is 31.8 Å². The van der Waals surface area contributed by atoms with E-state index < -0.39 is 0 Å². The van der Waals surface area contributed by atoms with Gasteiger partial charge in [0.05, 0.1) is 5.52 Å². The van der Waals surface area contributed by atoms with Crippen molar-refractivity contribution in [2.24, 2.45) is 0 Å². The third-order valence-electron chi connectivity index (χ3n) is 5.79. The van der Waals surface area contributed by atoms with Crippen molar-refractivity contribution in [3.05, 3.63) is 65.3 Å². The van der Waals surface area contributed by atoms with Gasteiger partial charge < -0.3 is 15.2 Å². The van der Waals surface area contributed by atoms with Crippen molar-refractivity contribution in [3.63, 3.8) is 0 Å². The summed E-state index contributed by atoms with van der Waals surface area (Å²) in [6, 6.07) is 9.85. The number of amides is 1. The molecule has 3 heterocycles. The Balaban J connectivity index is 1.45. The van der Waals surface area contributed by atoms with Crippen LogP contribution in [0.1, 0.15) is 40.2 Å². The molecule has 1 aliphatic carbocycles. The molecule has 0 radical (unpaired) electrons. The molecule has 156 valence electrons. The summed E-state index contributed by atoms with van der Waals surface area (Å²) in [5.74, 6) is 1.39. The van der Waals surface area contributed by atoms with Gasteiger partial charge in [-0.1, -0.05) is 11.2 Å². The second kappa shape index (κ2) is 7.83. The molecule has 0 unspecified atom stereocenters. The van der Waals surface area contributed by atoms with Crippen LogP contribution in [0.5, 0.6) is 0 Å². The molecule has 1 aromatic carbocycles. The van der Waals surface area contributed by atoms with Crippen LogP contribution in [-0.4, -0.2) is 28.1 Å². The monoisotopic (exact) mass is 413 g/mol. The molecule has 1 amide bonds. The fraction of sp³-hybridized carbons (Fsp3) is 0.250. The number of anilines is 2. The zero-order valence-electron chi connectivity index (χ0n) is 17.5. The van der Waals surface area contributed by atoms with Gasteiger partial charge in [-0.2, -0.15) is 0 Å². The van der Waals surface area contributed by atoms with Crippen LogP contribution in [0.25, 0.3) is 22.0 Å². The van der Waals surface area contributed by atoms with E-state index in [1.807, 2.05) is 50.6 Å². The summed E-state index contributed by atoms with van der Waals surface area (Å²) in [5, 5.41) is 11.0. The number of nitrogens with zero attached hydrogens (tertiary/aromatic N) is 3. The molecule has 3 aromatic heterocycles. The van der Waals surface area contributed by atoms with E-state index >= 15 is 0 Å². The fourth-order valence-electron chi connectivity index (χ4n) is 4.07. The van der Waals surface area contributed by atoms with E-state index in [4.69, 9.17) is 4.52 Å². The number of aryl methyl sites for hydroxylation is 2. The molecule has 2 N–H and O–H groups in total. The van der Waals surface area contributed by atoms with Gasteiger partial charge in [-0.15, -0.1) is 0 Å². The van der Waals surface area contributed by atoms with Crippen molar-refractivity contribution >= 4 is 28.3 Å². The SMILES string of the molecule is CNc1cc2ncc(-c3cc(NC(=O)c4noc5c4CCCC5)ccc3C)cc2cn1. The van der Waals surface area contributed by atoms with Crippen LogP contribution in [0, 0.1) is 6.92 Å². The summed E-state index contributed by atoms with van der Waals surface area (Å²) in [6.07, 6.45) is 7.49. The minimum absolute atomic E-state index is 0.234. The number of carbonyl (C=O) groups excluding carboxylic acids is 1. The average molecular weight is 413 g/mol. The summed E-state index contributed by atoms with van der Waals surface area (Å²) < 4.78 is 5.39. The zero-order valence-corrected chi connectivity index (χ0v) is 17.5. The first-order chi connectivity index (χ1) is 15.1. The van der Waals surface area contributed by atoms with E-state index in [1.165, 1.54) is 0 Å². The van der Waals surface area contributed by atoms with E-state index in [-0.39, 0.29) is 5.91 Å². The normalized spacial score (nSPS) is 13.1. The van der Waals surface area contributed by atoms with E-state index in [1.54, 1.807) is 0 Å². The molecule has 0 aliphatic heterocycles. The van der Waals surface area contributed by atoms with Gasteiger partial charge in [0.25, 0.3) is 5.91 Å². The molecule has 4 aromatic rings. The van der Waals surface area contributed by atoms with Crippen molar-refractivity contribution < 1.29 is 9.32 Å². The Morgan fingerprint density at radius 2 is 1.94 bits per heavy atom. The summed E-state index contributed by atoms with van der Waals surface area (Å²) >= 11 is 0. The quantitative estimate of drug-likeness (QED) is 0.501. The number of nitrogens with one attached hydrogen (secondary N) is 2. The van der Waals surface area contributed by atoms with Crippen LogP contribution >= 0.6 is 0 Å². The Morgan fingerprint density at radius 3 is 2.81 bits per heavy atom. The molecule has 1 aliphatic rings. The fourth-order valence-corrected chi connectivity index (χ4v) is 4.07. The van der Waals surface area contributed by atoms with E-state index in [0.29, 0.717) is 11.4 Å². The molecule has 0 fully saturated rings. The number of aromatic nitrogens is 3. The second-order valence-electron chi connectivity index (χ2n) is 7.86. The standard InChI is InChI=1S/C24H23N5O2/c1-14-7-8-17(28-24(30)23-18-5-3-4-6-21(18)31-29-23)10-19(14)15-9-16-13-27-22(25-2)11-20(16)26-12-15/h7-13H,3-6H2,1-2H3,(H,25,27)(H,28,30). The van der Waals surface area contributed by atoms with Crippen LogP contribution < -0.4 is 10.6 Å². The largest absolute Gasteiger partial charge is 0.373 e. The molecular weight excluding hydrogens is 390 g/mol. The number of fused-ring (bicyclic) bond motifs is 2. The van der Waals surface area contributed by atoms with Gasteiger partial charge >= 0.3 is 0 Å². The van der Waals surface area contributed by atoms with Crippen molar-refractivity contribution in [2.45, 2.75) is 32.6 Å². The number of rotatable bonds is 4. The minimum atomic E-state index is -0.234. The number of hydrogen-bond acceptors (Lipinski definition) is 6. The number of carbonyl (C=O) groups is 1. The molecule has 0 atom stereocenters. The summed E-state index contributed by atoms with van der Waals surface area (Å²) in [4.78, 5) is 21.8. The number of hydrogen-bond donors (Lipinski definition) is 2. The maximum absolute atomic E-state index is 12.9. The lowest BCUT2D eigenvalue weighted by atomic mass is 9.96. The Hall–Kier alpha value is -3.74. The molecule has 0 bridgehead atoms. The lowest BCUT2D eigenvalue weighted by molar-refractivity contribution is 0.101. The number of benzene rings is 1. The highest BCUT2D eigenvalue weighted by Gasteiger charge is 2.24. The summed E-state index contributed by atoms with van der Waals surface area (Å²) in [5.41, 5.74) is 6.01. The van der Waals surface area contributed by atoms with Crippen LogP contribution in [0.2, 0.25) is 0 Å². The van der Waals surface area contributed by atoms with Gasteiger partial charge in [0, 0.05) is 54.1 Å². The van der Waals surface area contributed by atoms with Crippen LogP contribution in [0.4, 0.5) is 11.5 Å². The Kier molecular flexibility index (Phi) is 4.86. The molecule has 5 rings (SSSR count). The zero-order chi connectivity index (χ0) is 21.4. The minimum Gasteiger partial charge on any atom is -0.373 e. The third kappa shape index (κ3) is 3.63. The molecule has 0 saturated carbocycles. The molecule has 0 spiro atoms. The summed E-state index contributed by atoms with van der Waals surface area (Å²) in [7, 11) is 1.83. The van der Waals surface area contributed by atoms with Gasteiger partial charge in [0.1, 0.15) is 11.6 Å². The predicted molar refractivity (Wildman–Crippen MR) is 120 cm³/mol. The Bertz CT molecular complexity index is 1290. The lowest BCUT2D eigenvalue weighted by Gasteiger charge is -2.12. The molecule has 7 heteroatoms. The lowest BCUT2D eigenvalue weighted by Crippen LogP contribution is -2.15. The highest BCUT2D eigenvalue weighted by Crippen LogP contribution is 2.30. The second-order valence-corrected chi connectivity index (χ2v) is 7.86. The number of pyridine rings is 2. The first-order valence-corrected chi connectivity index (χ1v) is 10.5. The van der Waals surface area contributed by atoms with Crippen molar-refractivity contribution in [3.8, 4) is 11.1 Å². The van der Waals surface area contributed by atoms with Crippen LogP contribution in [0.3, 0.4) is 0 Å². The Labute approximate surface area is 179 Å². The van der Waals surface area contributed by atoms with Crippen LogP contribution in [0.15, 0.2) is 47.2 Å². The van der Waals surface area contributed by atoms with Crippen molar-refractivity contribution in [1.82, 2.24) is 15.1 Å². The summed E-state index contributed by atoms with van der Waals surface area (Å²) in [6.45, 7) is 2.04. The first kappa shape index (κ1) is 19.2. The van der Waals surface area contributed by atoms with E-state index in [9.17, 15) is 4.79 Å². The van der Waals surface area contributed by atoms with Gasteiger partial charge in [0.2, 0.25) is 0 Å². The predicted octanol–water partition coefficient (Wildman–Crippen LogP) is 4.77.